The Kier molecular flexibility index (Phi) is 3.86. The molecule has 1 aromatic heterocycles. The van der Waals surface area contributed by atoms with Crippen LogP contribution in [0.1, 0.15) is 20.3 Å². The van der Waals surface area contributed by atoms with Gasteiger partial charge in [-0.25, -0.2) is 0 Å². The molecule has 1 heterocycles. The van der Waals surface area contributed by atoms with E-state index < -0.39 is 0 Å². The quantitative estimate of drug-likeness (QED) is 0.911. The largest absolute Gasteiger partial charge is 0.396 e. The Morgan fingerprint density at radius 1 is 1.37 bits per heavy atom. The van der Waals surface area contributed by atoms with Gasteiger partial charge in [-0.05, 0) is 19.9 Å². The third-order valence-electron chi connectivity index (χ3n) is 3.15. The highest BCUT2D eigenvalue weighted by molar-refractivity contribution is 5.97. The highest BCUT2D eigenvalue weighted by Gasteiger charge is 2.16. The summed E-state index contributed by atoms with van der Waals surface area (Å²) in [6.45, 7) is 4.88. The van der Waals surface area contributed by atoms with Gasteiger partial charge >= 0.3 is 0 Å². The number of pyridine rings is 1. The Bertz CT molecular complexity index is 613. The lowest BCUT2D eigenvalue weighted by molar-refractivity contribution is 0.689. The normalized spacial score (nSPS) is 10.6. The summed E-state index contributed by atoms with van der Waals surface area (Å²) >= 11 is 0. The zero-order valence-corrected chi connectivity index (χ0v) is 11.3. The number of nitrogen functional groups attached to an aromatic ring is 1. The summed E-state index contributed by atoms with van der Waals surface area (Å²) in [5.74, 6) is 0. The smallest absolute Gasteiger partial charge is 0.0745 e. The minimum Gasteiger partial charge on any atom is -0.396 e. The topological polar surface area (TPSA) is 65.9 Å². The van der Waals surface area contributed by atoms with Crippen LogP contribution in [0.4, 0.5) is 11.4 Å². The number of hydrogen-bond donors (Lipinski definition) is 1. The molecule has 0 aliphatic carbocycles. The van der Waals surface area contributed by atoms with E-state index in [0.29, 0.717) is 18.7 Å². The lowest BCUT2D eigenvalue weighted by atomic mass is 10.1. The number of hydrogen-bond acceptors (Lipinski definition) is 4. The zero-order chi connectivity index (χ0) is 13.8. The first-order chi connectivity index (χ1) is 9.15. The fourth-order valence-corrected chi connectivity index (χ4v) is 2.26. The molecule has 0 saturated heterocycles. The Hall–Kier alpha value is -2.28. The van der Waals surface area contributed by atoms with Gasteiger partial charge in [0, 0.05) is 18.0 Å². The minimum atomic E-state index is 0.279. The van der Waals surface area contributed by atoms with E-state index in [0.717, 1.165) is 16.6 Å². The Balaban J connectivity index is 2.58. The van der Waals surface area contributed by atoms with Gasteiger partial charge in [-0.3, -0.25) is 4.98 Å². The molecular formula is C15H18N4. The number of benzene rings is 1. The van der Waals surface area contributed by atoms with Crippen LogP contribution in [0.15, 0.2) is 30.5 Å². The van der Waals surface area contributed by atoms with E-state index in [-0.39, 0.29) is 6.04 Å². The van der Waals surface area contributed by atoms with Crippen molar-refractivity contribution in [2.24, 2.45) is 0 Å². The molecule has 19 heavy (non-hydrogen) atoms. The van der Waals surface area contributed by atoms with Crippen molar-refractivity contribution in [2.75, 3.05) is 17.2 Å². The summed E-state index contributed by atoms with van der Waals surface area (Å²) in [5.41, 5.74) is 8.68. The predicted molar refractivity (Wildman–Crippen MR) is 78.9 cm³/mol. The summed E-state index contributed by atoms with van der Waals surface area (Å²) in [7, 11) is 0. The van der Waals surface area contributed by atoms with Crippen molar-refractivity contribution in [3.63, 3.8) is 0 Å². The Morgan fingerprint density at radius 3 is 2.79 bits per heavy atom. The molecule has 4 heteroatoms. The van der Waals surface area contributed by atoms with Gasteiger partial charge < -0.3 is 10.6 Å². The van der Waals surface area contributed by atoms with Gasteiger partial charge in [0.15, 0.2) is 0 Å². The monoisotopic (exact) mass is 254 g/mol. The standard InChI is InChI=1S/C15H18N4/c1-11(2)19(9-5-8-16)15-12-6-3-4-7-14(12)18-10-13(15)17/h3-4,6-7,10-11H,5,9,17H2,1-2H3. The molecule has 0 aliphatic rings. The van der Waals surface area contributed by atoms with Crippen LogP contribution in [0.25, 0.3) is 10.9 Å². The molecule has 98 valence electrons. The summed E-state index contributed by atoms with van der Waals surface area (Å²) in [5, 5.41) is 9.84. The van der Waals surface area contributed by atoms with Crippen LogP contribution in [-0.4, -0.2) is 17.6 Å². The molecule has 4 nitrogen and oxygen atoms in total. The van der Waals surface area contributed by atoms with Gasteiger partial charge in [0.05, 0.1) is 35.6 Å². The molecule has 0 saturated carbocycles. The van der Waals surface area contributed by atoms with Gasteiger partial charge in [-0.2, -0.15) is 5.26 Å². The summed E-state index contributed by atoms with van der Waals surface area (Å²) in [6.07, 6.45) is 2.17. The van der Waals surface area contributed by atoms with E-state index >= 15 is 0 Å². The summed E-state index contributed by atoms with van der Waals surface area (Å²) < 4.78 is 0. The second-order valence-electron chi connectivity index (χ2n) is 4.77. The highest BCUT2D eigenvalue weighted by Crippen LogP contribution is 2.32. The number of fused-ring (bicyclic) bond motifs is 1. The predicted octanol–water partition coefficient (Wildman–Crippen LogP) is 2.95. The van der Waals surface area contributed by atoms with Gasteiger partial charge in [-0.15, -0.1) is 0 Å². The molecule has 0 spiro atoms. The third-order valence-corrected chi connectivity index (χ3v) is 3.15. The van der Waals surface area contributed by atoms with Gasteiger partial charge in [0.2, 0.25) is 0 Å². The number of anilines is 2. The molecule has 0 atom stereocenters. The maximum atomic E-state index is 8.81. The Labute approximate surface area is 113 Å². The van der Waals surface area contributed by atoms with Crippen LogP contribution < -0.4 is 10.6 Å². The number of para-hydroxylation sites is 1. The maximum Gasteiger partial charge on any atom is 0.0745 e. The van der Waals surface area contributed by atoms with Gasteiger partial charge in [0.25, 0.3) is 0 Å². The van der Waals surface area contributed by atoms with Crippen molar-refractivity contribution in [1.29, 1.82) is 5.26 Å². The molecular weight excluding hydrogens is 236 g/mol. The first-order valence-electron chi connectivity index (χ1n) is 6.42. The highest BCUT2D eigenvalue weighted by atomic mass is 15.2. The molecule has 0 amide bonds. The average molecular weight is 254 g/mol. The summed E-state index contributed by atoms with van der Waals surface area (Å²) in [4.78, 5) is 6.52. The molecule has 2 N–H and O–H groups in total. The second kappa shape index (κ2) is 5.57. The van der Waals surface area contributed by atoms with E-state index in [1.807, 2.05) is 24.3 Å². The van der Waals surface area contributed by atoms with Crippen LogP contribution in [0.5, 0.6) is 0 Å². The lowest BCUT2D eigenvalue weighted by Gasteiger charge is -2.30. The van der Waals surface area contributed by atoms with Crippen LogP contribution in [0, 0.1) is 11.3 Å². The van der Waals surface area contributed by atoms with Crippen molar-refractivity contribution in [3.8, 4) is 6.07 Å². The molecule has 2 rings (SSSR count). The number of nitrogens with two attached hydrogens (primary N) is 1. The lowest BCUT2D eigenvalue weighted by Crippen LogP contribution is -2.32. The molecule has 0 bridgehead atoms. The molecule has 2 aromatic rings. The fraction of sp³-hybridized carbons (Fsp3) is 0.333. The number of rotatable bonds is 4. The first kappa shape index (κ1) is 13.2. The minimum absolute atomic E-state index is 0.279. The van der Waals surface area contributed by atoms with Gasteiger partial charge in [-0.1, -0.05) is 18.2 Å². The van der Waals surface area contributed by atoms with Gasteiger partial charge in [0.1, 0.15) is 0 Å². The average Bonchev–Trinajstić information content (AvgIpc) is 2.41. The molecule has 0 fully saturated rings. The van der Waals surface area contributed by atoms with Crippen molar-refractivity contribution in [1.82, 2.24) is 4.98 Å². The Morgan fingerprint density at radius 2 is 2.11 bits per heavy atom. The van der Waals surface area contributed by atoms with E-state index in [4.69, 9.17) is 11.0 Å². The third kappa shape index (κ3) is 2.60. The summed E-state index contributed by atoms with van der Waals surface area (Å²) in [6, 6.07) is 10.4. The maximum absolute atomic E-state index is 8.81. The van der Waals surface area contributed by atoms with Crippen molar-refractivity contribution in [2.45, 2.75) is 26.3 Å². The van der Waals surface area contributed by atoms with Crippen molar-refractivity contribution >= 4 is 22.3 Å². The van der Waals surface area contributed by atoms with E-state index in [2.05, 4.69) is 29.8 Å². The molecule has 0 aliphatic heterocycles. The van der Waals surface area contributed by atoms with E-state index in [1.165, 1.54) is 0 Å². The van der Waals surface area contributed by atoms with Crippen molar-refractivity contribution in [3.05, 3.63) is 30.5 Å². The number of nitrogens with zero attached hydrogens (tertiary/aromatic N) is 3. The SMILES string of the molecule is CC(C)N(CCC#N)c1c(N)cnc2ccccc12. The van der Waals surface area contributed by atoms with E-state index in [1.54, 1.807) is 6.20 Å². The van der Waals surface area contributed by atoms with E-state index in [9.17, 15) is 0 Å². The molecule has 0 unspecified atom stereocenters. The first-order valence-corrected chi connectivity index (χ1v) is 6.42. The molecule has 0 radical (unpaired) electrons. The van der Waals surface area contributed by atoms with Crippen LogP contribution in [0.2, 0.25) is 0 Å². The number of aromatic nitrogens is 1. The van der Waals surface area contributed by atoms with Crippen LogP contribution in [-0.2, 0) is 0 Å². The van der Waals surface area contributed by atoms with Crippen LogP contribution in [0.3, 0.4) is 0 Å². The van der Waals surface area contributed by atoms with Crippen molar-refractivity contribution < 1.29 is 0 Å². The van der Waals surface area contributed by atoms with Crippen LogP contribution >= 0.6 is 0 Å². The number of nitriles is 1. The zero-order valence-electron chi connectivity index (χ0n) is 11.3. The fourth-order valence-electron chi connectivity index (χ4n) is 2.26. The molecule has 1 aromatic carbocycles. The second-order valence-corrected chi connectivity index (χ2v) is 4.77.